The number of hydrogen-bond donors (Lipinski definition) is 0. The fraction of sp³-hybridized carbons (Fsp3) is 0.364. The monoisotopic (exact) mass is 347 g/mol. The number of rotatable bonds is 4. The minimum absolute atomic E-state index is 0.00710. The lowest BCUT2D eigenvalue weighted by molar-refractivity contribution is 0.175. The number of aryl methyl sites for hydroxylation is 1. The van der Waals surface area contributed by atoms with Crippen LogP contribution >= 0.6 is 0 Å². The summed E-state index contributed by atoms with van der Waals surface area (Å²) < 4.78 is 1.63. The predicted octanol–water partition coefficient (Wildman–Crippen LogP) is 3.46. The molecule has 4 heteroatoms. The van der Waals surface area contributed by atoms with Gasteiger partial charge >= 0.3 is 0 Å². The van der Waals surface area contributed by atoms with Crippen molar-refractivity contribution in [3.63, 3.8) is 0 Å². The Balaban J connectivity index is 1.41. The number of nitrogens with zero attached hydrogens (tertiary/aromatic N) is 3. The molecule has 0 unspecified atom stereocenters. The van der Waals surface area contributed by atoms with Gasteiger partial charge in [-0.3, -0.25) is 14.1 Å². The summed E-state index contributed by atoms with van der Waals surface area (Å²) in [5.41, 5.74) is 4.13. The summed E-state index contributed by atoms with van der Waals surface area (Å²) >= 11 is 0. The predicted molar refractivity (Wildman–Crippen MR) is 104 cm³/mol. The highest BCUT2D eigenvalue weighted by Gasteiger charge is 2.20. The zero-order valence-electron chi connectivity index (χ0n) is 15.3. The molecule has 3 aromatic rings. The zero-order valence-corrected chi connectivity index (χ0v) is 15.3. The normalized spacial score (nSPS) is 16.2. The van der Waals surface area contributed by atoms with Crippen LogP contribution in [-0.2, 0) is 13.0 Å². The molecule has 0 atom stereocenters. The van der Waals surface area contributed by atoms with Gasteiger partial charge in [0.2, 0.25) is 0 Å². The van der Waals surface area contributed by atoms with E-state index in [1.165, 1.54) is 24.8 Å². The molecule has 4 rings (SSSR count). The molecule has 2 aromatic heterocycles. The molecule has 134 valence electrons. The van der Waals surface area contributed by atoms with Crippen molar-refractivity contribution < 1.29 is 0 Å². The number of benzene rings is 1. The van der Waals surface area contributed by atoms with Crippen molar-refractivity contribution in [2.24, 2.45) is 5.92 Å². The van der Waals surface area contributed by atoms with Crippen LogP contribution in [-0.4, -0.2) is 27.4 Å². The molecule has 3 heterocycles. The van der Waals surface area contributed by atoms with Crippen LogP contribution in [0.4, 0.5) is 0 Å². The van der Waals surface area contributed by atoms with Crippen molar-refractivity contribution in [3.05, 3.63) is 81.9 Å². The van der Waals surface area contributed by atoms with Crippen molar-refractivity contribution in [1.82, 2.24) is 14.3 Å². The Morgan fingerprint density at radius 2 is 1.85 bits per heavy atom. The maximum absolute atomic E-state index is 12.4. The van der Waals surface area contributed by atoms with Gasteiger partial charge in [0.1, 0.15) is 5.65 Å². The van der Waals surface area contributed by atoms with E-state index in [-0.39, 0.29) is 5.56 Å². The van der Waals surface area contributed by atoms with Gasteiger partial charge in [-0.05, 0) is 62.4 Å². The molecular formula is C22H25N3O. The third-order valence-electron chi connectivity index (χ3n) is 5.40. The van der Waals surface area contributed by atoms with Gasteiger partial charge in [-0.2, -0.15) is 0 Å². The molecule has 0 bridgehead atoms. The highest BCUT2D eigenvalue weighted by molar-refractivity contribution is 5.46. The summed E-state index contributed by atoms with van der Waals surface area (Å²) in [6.07, 6.45) is 5.38. The highest BCUT2D eigenvalue weighted by Crippen LogP contribution is 2.22. The molecule has 4 nitrogen and oxygen atoms in total. The van der Waals surface area contributed by atoms with Gasteiger partial charge in [0, 0.05) is 18.8 Å². The number of aromatic nitrogens is 2. The summed E-state index contributed by atoms with van der Waals surface area (Å²) in [4.78, 5) is 19.5. The molecule has 1 aromatic carbocycles. The number of piperidine rings is 1. The Hall–Kier alpha value is -2.46. The van der Waals surface area contributed by atoms with Crippen LogP contribution in [0.15, 0.2) is 59.5 Å². The largest absolute Gasteiger partial charge is 0.297 e. The average molecular weight is 347 g/mol. The van der Waals surface area contributed by atoms with Crippen molar-refractivity contribution in [1.29, 1.82) is 0 Å². The highest BCUT2D eigenvalue weighted by atomic mass is 16.1. The van der Waals surface area contributed by atoms with E-state index in [0.29, 0.717) is 0 Å². The Labute approximate surface area is 154 Å². The first-order valence-corrected chi connectivity index (χ1v) is 9.43. The first-order valence-electron chi connectivity index (χ1n) is 9.43. The fourth-order valence-corrected chi connectivity index (χ4v) is 3.92. The molecule has 0 aliphatic carbocycles. The van der Waals surface area contributed by atoms with Crippen LogP contribution < -0.4 is 5.56 Å². The quantitative estimate of drug-likeness (QED) is 0.725. The zero-order chi connectivity index (χ0) is 17.9. The molecule has 0 spiro atoms. The van der Waals surface area contributed by atoms with E-state index in [4.69, 9.17) is 4.98 Å². The van der Waals surface area contributed by atoms with E-state index < -0.39 is 0 Å². The number of fused-ring (bicyclic) bond motifs is 1. The number of pyridine rings is 1. The fourth-order valence-electron chi connectivity index (χ4n) is 3.92. The first kappa shape index (κ1) is 17.0. The smallest absolute Gasteiger partial charge is 0.258 e. The van der Waals surface area contributed by atoms with Gasteiger partial charge < -0.3 is 0 Å². The summed E-state index contributed by atoms with van der Waals surface area (Å²) in [7, 11) is 0. The van der Waals surface area contributed by atoms with E-state index in [0.717, 1.165) is 42.5 Å². The molecule has 0 radical (unpaired) electrons. The minimum Gasteiger partial charge on any atom is -0.297 e. The first-order chi connectivity index (χ1) is 12.7. The third-order valence-corrected chi connectivity index (χ3v) is 5.40. The number of hydrogen-bond acceptors (Lipinski definition) is 3. The molecule has 0 amide bonds. The van der Waals surface area contributed by atoms with Crippen LogP contribution in [0.25, 0.3) is 5.65 Å². The van der Waals surface area contributed by atoms with Crippen LogP contribution in [0.2, 0.25) is 0 Å². The van der Waals surface area contributed by atoms with E-state index in [1.807, 2.05) is 19.1 Å². The SMILES string of the molecule is Cc1cccn2c(=O)cc(CN3CCC(Cc4ccccc4)CC3)nc12. The molecule has 0 saturated carbocycles. The summed E-state index contributed by atoms with van der Waals surface area (Å²) in [6.45, 7) is 4.91. The van der Waals surface area contributed by atoms with Crippen LogP contribution in [0.3, 0.4) is 0 Å². The van der Waals surface area contributed by atoms with Gasteiger partial charge in [-0.1, -0.05) is 36.4 Å². The molecule has 1 aliphatic heterocycles. The average Bonchev–Trinajstić information content (AvgIpc) is 2.65. The van der Waals surface area contributed by atoms with Gasteiger partial charge in [0.05, 0.1) is 5.69 Å². The van der Waals surface area contributed by atoms with Crippen LogP contribution in [0, 0.1) is 12.8 Å². The van der Waals surface area contributed by atoms with Crippen molar-refractivity contribution in [2.75, 3.05) is 13.1 Å². The number of likely N-dealkylation sites (tertiary alicyclic amines) is 1. The van der Waals surface area contributed by atoms with Crippen molar-refractivity contribution in [2.45, 2.75) is 32.7 Å². The second kappa shape index (κ2) is 7.42. The third kappa shape index (κ3) is 3.70. The van der Waals surface area contributed by atoms with Gasteiger partial charge in [-0.25, -0.2) is 4.98 Å². The Morgan fingerprint density at radius 3 is 2.62 bits per heavy atom. The van der Waals surface area contributed by atoms with E-state index >= 15 is 0 Å². The lowest BCUT2D eigenvalue weighted by atomic mass is 9.90. The second-order valence-corrected chi connectivity index (χ2v) is 7.38. The topological polar surface area (TPSA) is 37.6 Å². The van der Waals surface area contributed by atoms with Gasteiger partial charge in [0.25, 0.3) is 5.56 Å². The standard InChI is InChI=1S/C22H25N3O/c1-17-6-5-11-25-21(26)15-20(23-22(17)25)16-24-12-9-19(10-13-24)14-18-7-3-2-4-8-18/h2-8,11,15,19H,9-10,12-14,16H2,1H3. The second-order valence-electron chi connectivity index (χ2n) is 7.38. The Bertz CT molecular complexity index is 941. The Morgan fingerprint density at radius 1 is 1.08 bits per heavy atom. The summed E-state index contributed by atoms with van der Waals surface area (Å²) in [5.74, 6) is 0.756. The molecule has 26 heavy (non-hydrogen) atoms. The molecule has 0 N–H and O–H groups in total. The van der Waals surface area contributed by atoms with Gasteiger partial charge in [0.15, 0.2) is 0 Å². The molecule has 1 aliphatic rings. The maximum atomic E-state index is 12.4. The van der Waals surface area contributed by atoms with Gasteiger partial charge in [-0.15, -0.1) is 0 Å². The molecular weight excluding hydrogens is 322 g/mol. The minimum atomic E-state index is 0.00710. The Kier molecular flexibility index (Phi) is 4.85. The van der Waals surface area contributed by atoms with Crippen LogP contribution in [0.5, 0.6) is 0 Å². The lowest BCUT2D eigenvalue weighted by Gasteiger charge is -2.31. The van der Waals surface area contributed by atoms with Crippen molar-refractivity contribution >= 4 is 5.65 Å². The van der Waals surface area contributed by atoms with E-state index in [1.54, 1.807) is 16.7 Å². The lowest BCUT2D eigenvalue weighted by Crippen LogP contribution is -2.34. The summed E-state index contributed by atoms with van der Waals surface area (Å²) in [5, 5.41) is 0. The molecule has 1 fully saturated rings. The van der Waals surface area contributed by atoms with E-state index in [9.17, 15) is 4.79 Å². The summed E-state index contributed by atoms with van der Waals surface area (Å²) in [6, 6.07) is 16.3. The van der Waals surface area contributed by atoms with Crippen molar-refractivity contribution in [3.8, 4) is 0 Å². The maximum Gasteiger partial charge on any atom is 0.258 e. The van der Waals surface area contributed by atoms with Crippen LogP contribution in [0.1, 0.15) is 29.7 Å². The van der Waals surface area contributed by atoms with E-state index in [2.05, 4.69) is 35.2 Å². The molecule has 1 saturated heterocycles.